The smallest absolute Gasteiger partial charge is 0.0909 e. The van der Waals surface area contributed by atoms with Gasteiger partial charge in [-0.25, -0.2) is 0 Å². The maximum absolute atomic E-state index is 11.0. The van der Waals surface area contributed by atoms with E-state index in [-0.39, 0.29) is 22.0 Å². The molecule has 0 radical (unpaired) electrons. The van der Waals surface area contributed by atoms with Crippen LogP contribution < -0.4 is 11.1 Å². The zero-order valence-electron chi connectivity index (χ0n) is 20.6. The largest absolute Gasteiger partial charge is 0.393 e. The van der Waals surface area contributed by atoms with Crippen molar-refractivity contribution in [1.29, 1.82) is 0 Å². The molecule has 4 heteroatoms. The number of nitrogens with two attached hydrogens (primary N) is 1. The predicted molar refractivity (Wildman–Crippen MR) is 147 cm³/mol. The standard InChI is InChI=1S/C30H40N2OS/c1-24(13-12-21-32-22-20-31)29(33)23-25(2)34-30(26-14-6-3-7-15-26,27-16-8-4-9-17-27)28-18-10-5-11-19-28/h3-11,14-19,24-25,29,32-33H,12-13,20-23,31H2,1-2H3. The summed E-state index contributed by atoms with van der Waals surface area (Å²) in [5, 5.41) is 14.6. The van der Waals surface area contributed by atoms with E-state index in [4.69, 9.17) is 5.73 Å². The number of nitrogens with one attached hydrogen (secondary N) is 1. The summed E-state index contributed by atoms with van der Waals surface area (Å²) in [6.45, 7) is 6.90. The topological polar surface area (TPSA) is 58.3 Å². The predicted octanol–water partition coefficient (Wildman–Crippen LogP) is 5.82. The number of hydrogen-bond acceptors (Lipinski definition) is 4. The molecule has 0 aliphatic carbocycles. The van der Waals surface area contributed by atoms with E-state index in [1.54, 1.807) is 0 Å². The maximum Gasteiger partial charge on any atom is 0.0909 e. The third-order valence-electron chi connectivity index (χ3n) is 6.48. The summed E-state index contributed by atoms with van der Waals surface area (Å²) in [4.78, 5) is 0. The van der Waals surface area contributed by atoms with Gasteiger partial charge < -0.3 is 16.2 Å². The van der Waals surface area contributed by atoms with E-state index in [2.05, 4.69) is 110 Å². The lowest BCUT2D eigenvalue weighted by atomic mass is 9.84. The normalized spacial score (nSPS) is 14.5. The first-order chi connectivity index (χ1) is 16.6. The fraction of sp³-hybridized carbons (Fsp3) is 0.400. The Balaban J connectivity index is 1.83. The molecule has 0 amide bonds. The highest BCUT2D eigenvalue weighted by Gasteiger charge is 2.38. The molecule has 3 nitrogen and oxygen atoms in total. The fourth-order valence-corrected chi connectivity index (χ4v) is 6.33. The summed E-state index contributed by atoms with van der Waals surface area (Å²) in [6, 6.07) is 32.3. The third kappa shape index (κ3) is 6.96. The van der Waals surface area contributed by atoms with Gasteiger partial charge in [0, 0.05) is 18.3 Å². The van der Waals surface area contributed by atoms with Crippen LogP contribution in [0, 0.1) is 5.92 Å². The van der Waals surface area contributed by atoms with Crippen LogP contribution in [0.4, 0.5) is 0 Å². The van der Waals surface area contributed by atoms with Crippen LogP contribution in [0.15, 0.2) is 91.0 Å². The lowest BCUT2D eigenvalue weighted by Gasteiger charge is -2.38. The molecule has 3 rings (SSSR count). The Kier molecular flexibility index (Phi) is 10.7. The number of rotatable bonds is 14. The van der Waals surface area contributed by atoms with Crippen molar-refractivity contribution in [2.75, 3.05) is 19.6 Å². The van der Waals surface area contributed by atoms with E-state index in [9.17, 15) is 5.11 Å². The second kappa shape index (κ2) is 13.7. The molecule has 0 heterocycles. The molecular weight excluding hydrogens is 436 g/mol. The highest BCUT2D eigenvalue weighted by atomic mass is 32.2. The van der Waals surface area contributed by atoms with Gasteiger partial charge in [-0.05, 0) is 48.4 Å². The van der Waals surface area contributed by atoms with E-state index in [1.165, 1.54) is 16.7 Å². The summed E-state index contributed by atoms with van der Waals surface area (Å²) < 4.78 is -0.349. The van der Waals surface area contributed by atoms with Crippen molar-refractivity contribution in [3.63, 3.8) is 0 Å². The van der Waals surface area contributed by atoms with Crippen molar-refractivity contribution in [3.05, 3.63) is 108 Å². The quantitative estimate of drug-likeness (QED) is 0.203. The number of benzene rings is 3. The van der Waals surface area contributed by atoms with Gasteiger partial charge in [0.1, 0.15) is 0 Å². The number of hydrogen-bond donors (Lipinski definition) is 3. The maximum atomic E-state index is 11.0. The van der Waals surface area contributed by atoms with Gasteiger partial charge in [-0.2, -0.15) is 0 Å². The molecule has 0 bridgehead atoms. The molecule has 34 heavy (non-hydrogen) atoms. The minimum Gasteiger partial charge on any atom is -0.393 e. The van der Waals surface area contributed by atoms with E-state index < -0.39 is 0 Å². The molecule has 3 atom stereocenters. The van der Waals surface area contributed by atoms with Crippen molar-refractivity contribution in [2.45, 2.75) is 49.2 Å². The SMILES string of the molecule is CC(CC(O)C(C)CCCNCCN)SC(c1ccccc1)(c1ccccc1)c1ccccc1. The molecule has 0 aromatic heterocycles. The third-order valence-corrected chi connectivity index (χ3v) is 8.14. The summed E-state index contributed by atoms with van der Waals surface area (Å²) in [5.41, 5.74) is 9.33. The van der Waals surface area contributed by atoms with Gasteiger partial charge in [-0.3, -0.25) is 0 Å². The Labute approximate surface area is 210 Å². The highest BCUT2D eigenvalue weighted by Crippen LogP contribution is 2.50. The van der Waals surface area contributed by atoms with Crippen molar-refractivity contribution in [1.82, 2.24) is 5.32 Å². The van der Waals surface area contributed by atoms with Crippen LogP contribution in [0.3, 0.4) is 0 Å². The van der Waals surface area contributed by atoms with E-state index in [0.29, 0.717) is 6.54 Å². The van der Waals surface area contributed by atoms with Gasteiger partial charge in [0.15, 0.2) is 0 Å². The van der Waals surface area contributed by atoms with Crippen LogP contribution in [0.5, 0.6) is 0 Å². The Morgan fingerprint density at radius 2 is 1.26 bits per heavy atom. The van der Waals surface area contributed by atoms with Crippen molar-refractivity contribution >= 4 is 11.8 Å². The zero-order valence-corrected chi connectivity index (χ0v) is 21.4. The summed E-state index contributed by atoms with van der Waals surface area (Å²) in [7, 11) is 0. The molecule has 0 spiro atoms. The molecule has 0 aliphatic heterocycles. The molecular formula is C30H40N2OS. The second-order valence-electron chi connectivity index (χ2n) is 9.17. The first-order valence-electron chi connectivity index (χ1n) is 12.5. The lowest BCUT2D eigenvalue weighted by Crippen LogP contribution is -2.30. The van der Waals surface area contributed by atoms with Gasteiger partial charge in [0.05, 0.1) is 10.9 Å². The zero-order chi connectivity index (χ0) is 24.2. The lowest BCUT2D eigenvalue weighted by molar-refractivity contribution is 0.102. The van der Waals surface area contributed by atoms with Crippen LogP contribution >= 0.6 is 11.8 Å². The fourth-order valence-electron chi connectivity index (χ4n) is 4.61. The molecule has 0 saturated heterocycles. The molecule has 3 aromatic carbocycles. The summed E-state index contributed by atoms with van der Waals surface area (Å²) in [6.07, 6.45) is 2.51. The first-order valence-corrected chi connectivity index (χ1v) is 13.4. The van der Waals surface area contributed by atoms with Crippen LogP contribution in [-0.2, 0) is 4.75 Å². The molecule has 182 valence electrons. The Hall–Kier alpha value is -2.11. The molecule has 0 fully saturated rings. The molecule has 0 aliphatic rings. The van der Waals surface area contributed by atoms with E-state index in [1.807, 2.05) is 11.8 Å². The first kappa shape index (κ1) is 26.5. The number of thioether (sulfide) groups is 1. The minimum absolute atomic E-state index is 0.258. The summed E-state index contributed by atoms with van der Waals surface area (Å²) in [5.74, 6) is 0.266. The van der Waals surface area contributed by atoms with Crippen molar-refractivity contribution in [2.24, 2.45) is 11.7 Å². The molecule has 4 N–H and O–H groups in total. The molecule has 3 aromatic rings. The van der Waals surface area contributed by atoms with Crippen LogP contribution in [0.1, 0.15) is 49.8 Å². The van der Waals surface area contributed by atoms with Crippen molar-refractivity contribution in [3.8, 4) is 0 Å². The van der Waals surface area contributed by atoms with E-state index >= 15 is 0 Å². The van der Waals surface area contributed by atoms with Crippen LogP contribution in [0.2, 0.25) is 0 Å². The monoisotopic (exact) mass is 476 g/mol. The van der Waals surface area contributed by atoms with Gasteiger partial charge in [-0.1, -0.05) is 105 Å². The Bertz CT molecular complexity index is 839. The summed E-state index contributed by atoms with van der Waals surface area (Å²) >= 11 is 1.95. The highest BCUT2D eigenvalue weighted by molar-refractivity contribution is 8.01. The van der Waals surface area contributed by atoms with Gasteiger partial charge in [0.2, 0.25) is 0 Å². The van der Waals surface area contributed by atoms with Crippen molar-refractivity contribution < 1.29 is 5.11 Å². The average molecular weight is 477 g/mol. The Morgan fingerprint density at radius 1 is 0.794 bits per heavy atom. The molecule has 3 unspecified atom stereocenters. The van der Waals surface area contributed by atoms with Gasteiger partial charge in [-0.15, -0.1) is 11.8 Å². The average Bonchev–Trinajstić information content (AvgIpc) is 2.88. The number of aliphatic hydroxyl groups excluding tert-OH is 1. The second-order valence-corrected chi connectivity index (χ2v) is 10.8. The number of aliphatic hydroxyl groups is 1. The van der Waals surface area contributed by atoms with Crippen LogP contribution in [-0.4, -0.2) is 36.1 Å². The van der Waals surface area contributed by atoms with E-state index in [0.717, 1.165) is 32.4 Å². The van der Waals surface area contributed by atoms with Crippen LogP contribution in [0.25, 0.3) is 0 Å². The molecule has 0 saturated carbocycles. The minimum atomic E-state index is -0.349. The van der Waals surface area contributed by atoms with Gasteiger partial charge >= 0.3 is 0 Å². The Morgan fingerprint density at radius 3 is 1.71 bits per heavy atom. The van der Waals surface area contributed by atoms with Gasteiger partial charge in [0.25, 0.3) is 0 Å².